The summed E-state index contributed by atoms with van der Waals surface area (Å²) >= 11 is 0. The summed E-state index contributed by atoms with van der Waals surface area (Å²) in [5, 5.41) is 5.02. The monoisotopic (exact) mass is 568 g/mol. The molecule has 2 heteroatoms. The van der Waals surface area contributed by atoms with Gasteiger partial charge in [-0.15, -0.1) is 0 Å². The highest BCUT2D eigenvalue weighted by atomic mass is 15.1. The molecule has 0 fully saturated rings. The molecule has 2 nitrogen and oxygen atoms in total. The smallest absolute Gasteiger partial charge is 0.0541 e. The Balaban J connectivity index is 0.00000171. The normalized spacial score (nSPS) is 10.8. The molecule has 0 amide bonds. The highest BCUT2D eigenvalue weighted by Gasteiger charge is 2.15. The van der Waals surface area contributed by atoms with Crippen LogP contribution in [0.2, 0.25) is 0 Å². The van der Waals surface area contributed by atoms with E-state index in [0.29, 0.717) is 0 Å². The van der Waals surface area contributed by atoms with Crippen molar-refractivity contribution in [3.63, 3.8) is 0 Å². The second kappa shape index (κ2) is 11.9. The van der Waals surface area contributed by atoms with Crippen molar-refractivity contribution in [3.8, 4) is 16.8 Å². The summed E-state index contributed by atoms with van der Waals surface area (Å²) in [6.45, 7) is 0. The molecule has 0 spiro atoms. The van der Waals surface area contributed by atoms with Crippen molar-refractivity contribution >= 4 is 49.6 Å². The molecule has 8 aromatic rings. The second-order valence-corrected chi connectivity index (χ2v) is 10.6. The van der Waals surface area contributed by atoms with Crippen molar-refractivity contribution in [2.24, 2.45) is 0 Å². The average Bonchev–Trinajstić information content (AvgIpc) is 3.40. The summed E-state index contributed by atoms with van der Waals surface area (Å²) in [5.41, 5.74) is 9.44. The Hall–Kier alpha value is -5.60. The lowest BCUT2D eigenvalue weighted by Gasteiger charge is -2.27. The number of aromatic nitrogens is 1. The van der Waals surface area contributed by atoms with E-state index >= 15 is 0 Å². The predicted octanol–water partition coefficient (Wildman–Crippen LogP) is 12.3. The highest BCUT2D eigenvalue weighted by Crippen LogP contribution is 2.39. The van der Waals surface area contributed by atoms with Crippen LogP contribution in [0.4, 0.5) is 17.1 Å². The first-order valence-corrected chi connectivity index (χ1v) is 14.4. The van der Waals surface area contributed by atoms with Crippen LogP contribution < -0.4 is 4.90 Å². The van der Waals surface area contributed by atoms with E-state index in [1.807, 2.05) is 0 Å². The zero-order valence-corrected chi connectivity index (χ0v) is 23.1. The lowest BCUT2D eigenvalue weighted by Crippen LogP contribution is -2.10. The van der Waals surface area contributed by atoms with Crippen LogP contribution in [0.1, 0.15) is 14.9 Å². The van der Waals surface area contributed by atoms with Crippen LogP contribution in [0, 0.1) is 0 Å². The van der Waals surface area contributed by atoms with Gasteiger partial charge < -0.3 is 9.47 Å². The van der Waals surface area contributed by atoms with Gasteiger partial charge in [0.2, 0.25) is 0 Å². The number of nitrogens with zero attached hydrogens (tertiary/aromatic N) is 2. The number of para-hydroxylation sites is 3. The van der Waals surface area contributed by atoms with E-state index in [2.05, 4.69) is 179 Å². The maximum atomic E-state index is 2.36. The first kappa shape index (κ1) is 28.5. The van der Waals surface area contributed by atoms with Gasteiger partial charge in [-0.25, -0.2) is 0 Å². The van der Waals surface area contributed by atoms with Gasteiger partial charge in [-0.2, -0.15) is 0 Å². The average molecular weight is 569 g/mol. The van der Waals surface area contributed by atoms with E-state index in [0.717, 1.165) is 11.4 Å². The molecular weight excluding hydrogens is 532 g/mol. The number of fused-ring (bicyclic) bond motifs is 4. The van der Waals surface area contributed by atoms with Gasteiger partial charge in [-0.05, 0) is 71.1 Å². The molecule has 0 saturated carbocycles. The SMILES string of the molecule is C.C.c1ccc(N(c2ccc(-c3ccc(-n4c5ccccc5c5ccccc54)cc3)cc2)c2cccc3ccccc23)cc1. The third kappa shape index (κ3) is 4.81. The van der Waals surface area contributed by atoms with Crippen molar-refractivity contribution in [1.82, 2.24) is 4.57 Å². The molecule has 0 aliphatic carbocycles. The number of hydrogen-bond acceptors (Lipinski definition) is 1. The summed E-state index contributed by atoms with van der Waals surface area (Å²) in [4.78, 5) is 2.34. The van der Waals surface area contributed by atoms with Gasteiger partial charge in [-0.1, -0.05) is 130 Å². The minimum Gasteiger partial charge on any atom is -0.310 e. The van der Waals surface area contributed by atoms with Crippen molar-refractivity contribution in [3.05, 3.63) is 170 Å². The molecule has 0 atom stereocenters. The quantitative estimate of drug-likeness (QED) is 0.200. The number of rotatable bonds is 5. The van der Waals surface area contributed by atoms with Crippen LogP contribution in [0.15, 0.2) is 170 Å². The molecule has 0 unspecified atom stereocenters. The van der Waals surface area contributed by atoms with Gasteiger partial charge in [0.05, 0.1) is 16.7 Å². The molecule has 0 N–H and O–H groups in total. The minimum absolute atomic E-state index is 0. The van der Waals surface area contributed by atoms with E-state index in [4.69, 9.17) is 0 Å². The Labute approximate surface area is 260 Å². The summed E-state index contributed by atoms with van der Waals surface area (Å²) in [5.74, 6) is 0. The largest absolute Gasteiger partial charge is 0.310 e. The van der Waals surface area contributed by atoms with Gasteiger partial charge in [0.1, 0.15) is 0 Å². The van der Waals surface area contributed by atoms with Crippen LogP contribution in [-0.2, 0) is 0 Å². The standard InChI is InChI=1S/C40H28N2.2CH4/c1-2-13-32(14-3-1)41(38-20-10-12-31-11-4-5-15-35(31)38)33-25-21-29(22-26-33)30-23-27-34(28-24-30)42-39-18-8-6-16-36(39)37-17-7-9-19-40(37)42;;/h1-28H;2*1H4. The topological polar surface area (TPSA) is 8.17 Å². The first-order chi connectivity index (χ1) is 20.8. The Morgan fingerprint density at radius 3 is 1.48 bits per heavy atom. The van der Waals surface area contributed by atoms with Crippen LogP contribution in [0.3, 0.4) is 0 Å². The summed E-state index contributed by atoms with van der Waals surface area (Å²) in [6.07, 6.45) is 0. The summed E-state index contributed by atoms with van der Waals surface area (Å²) < 4.78 is 2.36. The van der Waals surface area contributed by atoms with Gasteiger partial charge in [-0.3, -0.25) is 0 Å². The molecule has 7 aromatic carbocycles. The number of hydrogen-bond donors (Lipinski definition) is 0. The molecule has 0 radical (unpaired) electrons. The van der Waals surface area contributed by atoms with Crippen LogP contribution in [-0.4, -0.2) is 4.57 Å². The molecule has 0 aliphatic rings. The molecule has 1 heterocycles. The zero-order chi connectivity index (χ0) is 27.9. The van der Waals surface area contributed by atoms with E-state index in [1.165, 1.54) is 55.1 Å². The Bertz CT molecular complexity index is 2110. The number of benzene rings is 7. The predicted molar refractivity (Wildman–Crippen MR) is 192 cm³/mol. The Morgan fingerprint density at radius 2 is 0.841 bits per heavy atom. The van der Waals surface area contributed by atoms with Gasteiger partial charge in [0, 0.05) is 33.2 Å². The molecule has 8 rings (SSSR count). The molecule has 1 aromatic heterocycles. The second-order valence-electron chi connectivity index (χ2n) is 10.6. The van der Waals surface area contributed by atoms with Gasteiger partial charge >= 0.3 is 0 Å². The van der Waals surface area contributed by atoms with Crippen LogP contribution in [0.5, 0.6) is 0 Å². The Kier molecular flexibility index (Phi) is 7.74. The van der Waals surface area contributed by atoms with Crippen molar-refractivity contribution in [2.45, 2.75) is 14.9 Å². The van der Waals surface area contributed by atoms with Gasteiger partial charge in [0.15, 0.2) is 0 Å². The fourth-order valence-electron chi connectivity index (χ4n) is 6.21. The van der Waals surface area contributed by atoms with E-state index < -0.39 is 0 Å². The third-order valence-electron chi connectivity index (χ3n) is 8.19. The summed E-state index contributed by atoms with van der Waals surface area (Å²) in [6, 6.07) is 60.8. The molecule has 0 bridgehead atoms. The van der Waals surface area contributed by atoms with Crippen molar-refractivity contribution in [2.75, 3.05) is 4.90 Å². The lowest BCUT2D eigenvalue weighted by molar-refractivity contribution is 1.18. The zero-order valence-electron chi connectivity index (χ0n) is 23.1. The van der Waals surface area contributed by atoms with E-state index in [1.54, 1.807) is 0 Å². The van der Waals surface area contributed by atoms with Gasteiger partial charge in [0.25, 0.3) is 0 Å². The van der Waals surface area contributed by atoms with E-state index in [-0.39, 0.29) is 14.9 Å². The van der Waals surface area contributed by atoms with Crippen LogP contribution >= 0.6 is 0 Å². The van der Waals surface area contributed by atoms with Crippen LogP contribution in [0.25, 0.3) is 49.4 Å². The maximum Gasteiger partial charge on any atom is 0.0541 e. The highest BCUT2D eigenvalue weighted by molar-refractivity contribution is 6.09. The molecule has 0 saturated heterocycles. The fourth-order valence-corrected chi connectivity index (χ4v) is 6.21. The summed E-state index contributed by atoms with van der Waals surface area (Å²) in [7, 11) is 0. The molecule has 0 aliphatic heterocycles. The third-order valence-corrected chi connectivity index (χ3v) is 8.19. The first-order valence-electron chi connectivity index (χ1n) is 14.4. The van der Waals surface area contributed by atoms with Crippen molar-refractivity contribution in [1.29, 1.82) is 0 Å². The molecule has 214 valence electrons. The maximum absolute atomic E-state index is 2.36. The minimum atomic E-state index is 0. The molecule has 44 heavy (non-hydrogen) atoms. The van der Waals surface area contributed by atoms with Crippen molar-refractivity contribution < 1.29 is 0 Å². The molecular formula is C42H36N2. The lowest BCUT2D eigenvalue weighted by atomic mass is 10.0. The number of anilines is 3. The fraction of sp³-hybridized carbons (Fsp3) is 0.0476. The Morgan fingerprint density at radius 1 is 0.364 bits per heavy atom. The van der Waals surface area contributed by atoms with E-state index in [9.17, 15) is 0 Å².